The Kier molecular flexibility index (Phi) is 7.07. The number of hydrogen-bond acceptors (Lipinski definition) is 2. The molecule has 0 fully saturated rings. The van der Waals surface area contributed by atoms with E-state index in [9.17, 15) is 0 Å². The minimum atomic E-state index is 0.537. The van der Waals surface area contributed by atoms with Gasteiger partial charge in [0.15, 0.2) is 0 Å². The highest BCUT2D eigenvalue weighted by Gasteiger charge is 2.08. The van der Waals surface area contributed by atoms with Crippen molar-refractivity contribution in [3.8, 4) is 5.75 Å². The Hall–Kier alpha value is 0.420. The van der Waals surface area contributed by atoms with E-state index in [1.807, 2.05) is 12.1 Å². The number of rotatable bonds is 6. The topological polar surface area (TPSA) is 21.3 Å². The van der Waals surface area contributed by atoms with Crippen molar-refractivity contribution in [2.45, 2.75) is 26.3 Å². The van der Waals surface area contributed by atoms with Crippen LogP contribution < -0.4 is 10.1 Å². The van der Waals surface area contributed by atoms with Crippen molar-refractivity contribution in [3.63, 3.8) is 0 Å². The number of hydrogen-bond donors (Lipinski definition) is 1. The maximum atomic E-state index is 5.74. The van der Waals surface area contributed by atoms with Crippen LogP contribution in [0.3, 0.4) is 0 Å². The zero-order valence-corrected chi connectivity index (χ0v) is 14.7. The third-order valence-corrected chi connectivity index (χ3v) is 4.05. The van der Waals surface area contributed by atoms with Crippen molar-refractivity contribution in [1.82, 2.24) is 5.32 Å². The molecular weight excluding hydrogens is 414 g/mol. The van der Waals surface area contributed by atoms with Crippen molar-refractivity contribution >= 4 is 47.8 Å². The predicted octanol–water partition coefficient (Wildman–Crippen LogP) is 4.74. The molecule has 0 aliphatic rings. The van der Waals surface area contributed by atoms with E-state index in [0.717, 1.165) is 32.1 Å². The van der Waals surface area contributed by atoms with Gasteiger partial charge in [0.1, 0.15) is 12.4 Å². The zero-order valence-electron chi connectivity index (χ0n) is 9.90. The molecule has 1 aromatic carbocycles. The van der Waals surface area contributed by atoms with Crippen LogP contribution in [0.5, 0.6) is 5.75 Å². The second-order valence-electron chi connectivity index (χ2n) is 3.81. The van der Waals surface area contributed by atoms with Crippen molar-refractivity contribution in [2.75, 3.05) is 13.2 Å². The number of halogens is 3. The van der Waals surface area contributed by atoms with Gasteiger partial charge in [0.25, 0.3) is 0 Å². The first kappa shape index (κ1) is 15.5. The molecule has 1 unspecified atom stereocenters. The molecule has 0 aliphatic carbocycles. The summed E-state index contributed by atoms with van der Waals surface area (Å²) in [5.74, 6) is 0.846. The number of benzene rings is 1. The summed E-state index contributed by atoms with van der Waals surface area (Å²) in [5.41, 5.74) is 0. The van der Waals surface area contributed by atoms with Gasteiger partial charge in [-0.15, -0.1) is 0 Å². The van der Waals surface area contributed by atoms with Crippen LogP contribution in [-0.4, -0.2) is 19.2 Å². The van der Waals surface area contributed by atoms with Crippen LogP contribution in [0.4, 0.5) is 0 Å². The molecular formula is C12H16Br3NO. The highest BCUT2D eigenvalue weighted by atomic mass is 79.9. The van der Waals surface area contributed by atoms with Gasteiger partial charge in [0.2, 0.25) is 0 Å². The van der Waals surface area contributed by atoms with Gasteiger partial charge in [-0.05, 0) is 57.3 Å². The summed E-state index contributed by atoms with van der Waals surface area (Å²) >= 11 is 10.4. The van der Waals surface area contributed by atoms with Crippen LogP contribution in [0.1, 0.15) is 20.3 Å². The molecule has 17 heavy (non-hydrogen) atoms. The lowest BCUT2D eigenvalue weighted by atomic mass is 10.3. The molecule has 0 radical (unpaired) electrons. The van der Waals surface area contributed by atoms with E-state index in [1.54, 1.807) is 0 Å². The molecule has 0 saturated carbocycles. The maximum Gasteiger partial charge on any atom is 0.147 e. The van der Waals surface area contributed by atoms with E-state index >= 15 is 0 Å². The van der Waals surface area contributed by atoms with Crippen LogP contribution in [0.2, 0.25) is 0 Å². The van der Waals surface area contributed by atoms with Gasteiger partial charge >= 0.3 is 0 Å². The van der Waals surface area contributed by atoms with Gasteiger partial charge < -0.3 is 10.1 Å². The Labute approximate surface area is 128 Å². The minimum absolute atomic E-state index is 0.537. The quantitative estimate of drug-likeness (QED) is 0.659. The van der Waals surface area contributed by atoms with E-state index in [2.05, 4.69) is 67.0 Å². The van der Waals surface area contributed by atoms with E-state index in [0.29, 0.717) is 12.6 Å². The SMILES string of the molecule is CCC(C)NCCOc1c(Br)cc(Br)cc1Br. The summed E-state index contributed by atoms with van der Waals surface area (Å²) in [7, 11) is 0. The van der Waals surface area contributed by atoms with Gasteiger partial charge in [-0.25, -0.2) is 0 Å². The van der Waals surface area contributed by atoms with Crippen molar-refractivity contribution < 1.29 is 4.74 Å². The lowest BCUT2D eigenvalue weighted by Gasteiger charge is -2.14. The van der Waals surface area contributed by atoms with Gasteiger partial charge in [0.05, 0.1) is 8.95 Å². The summed E-state index contributed by atoms with van der Waals surface area (Å²) in [6.45, 7) is 5.85. The first-order valence-corrected chi connectivity index (χ1v) is 7.93. The number of nitrogens with one attached hydrogen (secondary N) is 1. The van der Waals surface area contributed by atoms with Crippen LogP contribution in [0, 0.1) is 0 Å². The highest BCUT2D eigenvalue weighted by molar-refractivity contribution is 9.11. The van der Waals surface area contributed by atoms with E-state index in [1.165, 1.54) is 0 Å². The average Bonchev–Trinajstić information content (AvgIpc) is 2.26. The fourth-order valence-corrected chi connectivity index (χ4v) is 3.76. The van der Waals surface area contributed by atoms with Crippen LogP contribution in [-0.2, 0) is 0 Å². The Balaban J connectivity index is 2.47. The van der Waals surface area contributed by atoms with E-state index in [-0.39, 0.29) is 0 Å². The summed E-state index contributed by atoms with van der Waals surface area (Å²) in [6.07, 6.45) is 1.13. The average molecular weight is 430 g/mol. The second kappa shape index (κ2) is 7.77. The Morgan fingerprint density at radius 2 is 1.82 bits per heavy atom. The minimum Gasteiger partial charge on any atom is -0.490 e. The van der Waals surface area contributed by atoms with Crippen molar-refractivity contribution in [3.05, 3.63) is 25.6 Å². The molecule has 0 spiro atoms. The lowest BCUT2D eigenvalue weighted by Crippen LogP contribution is -2.29. The van der Waals surface area contributed by atoms with E-state index < -0.39 is 0 Å². The Bertz CT molecular complexity index is 348. The summed E-state index contributed by atoms with van der Waals surface area (Å²) in [4.78, 5) is 0. The first-order chi connectivity index (χ1) is 8.04. The molecule has 0 aliphatic heterocycles. The Morgan fingerprint density at radius 1 is 1.24 bits per heavy atom. The second-order valence-corrected chi connectivity index (χ2v) is 6.43. The molecule has 96 valence electrons. The van der Waals surface area contributed by atoms with E-state index in [4.69, 9.17) is 4.74 Å². The molecule has 0 amide bonds. The smallest absolute Gasteiger partial charge is 0.147 e. The van der Waals surface area contributed by atoms with Crippen molar-refractivity contribution in [2.24, 2.45) is 0 Å². The normalized spacial score (nSPS) is 12.5. The molecule has 0 bridgehead atoms. The molecule has 1 aromatic rings. The molecule has 0 saturated heterocycles. The molecule has 1 rings (SSSR count). The summed E-state index contributed by atoms with van der Waals surface area (Å²) < 4.78 is 8.65. The van der Waals surface area contributed by atoms with Gasteiger partial charge in [-0.3, -0.25) is 0 Å². The third-order valence-electron chi connectivity index (χ3n) is 2.42. The molecule has 1 atom stereocenters. The fourth-order valence-electron chi connectivity index (χ4n) is 1.27. The van der Waals surface area contributed by atoms with Crippen molar-refractivity contribution in [1.29, 1.82) is 0 Å². The third kappa shape index (κ3) is 5.28. The molecule has 0 heterocycles. The zero-order chi connectivity index (χ0) is 12.8. The van der Waals surface area contributed by atoms with Crippen LogP contribution in [0.15, 0.2) is 25.6 Å². The van der Waals surface area contributed by atoms with Crippen LogP contribution in [0.25, 0.3) is 0 Å². The predicted molar refractivity (Wildman–Crippen MR) is 82.8 cm³/mol. The van der Waals surface area contributed by atoms with Gasteiger partial charge in [-0.2, -0.15) is 0 Å². The monoisotopic (exact) mass is 427 g/mol. The standard InChI is InChI=1S/C12H16Br3NO/c1-3-8(2)16-4-5-17-12-10(14)6-9(13)7-11(12)15/h6-8,16H,3-5H2,1-2H3. The van der Waals surface area contributed by atoms with Gasteiger partial charge in [-0.1, -0.05) is 22.9 Å². The fraction of sp³-hybridized carbons (Fsp3) is 0.500. The Morgan fingerprint density at radius 3 is 2.35 bits per heavy atom. The number of ether oxygens (including phenoxy) is 1. The largest absolute Gasteiger partial charge is 0.490 e. The molecule has 0 aromatic heterocycles. The molecule has 1 N–H and O–H groups in total. The summed E-state index contributed by atoms with van der Waals surface area (Å²) in [6, 6.07) is 4.49. The molecule has 5 heteroatoms. The summed E-state index contributed by atoms with van der Waals surface area (Å²) in [5, 5.41) is 3.39. The van der Waals surface area contributed by atoms with Crippen LogP contribution >= 0.6 is 47.8 Å². The maximum absolute atomic E-state index is 5.74. The first-order valence-electron chi connectivity index (χ1n) is 5.55. The van der Waals surface area contributed by atoms with Gasteiger partial charge in [0, 0.05) is 17.1 Å². The highest BCUT2D eigenvalue weighted by Crippen LogP contribution is 2.36. The lowest BCUT2D eigenvalue weighted by molar-refractivity contribution is 0.302. The molecule has 2 nitrogen and oxygen atoms in total.